The molecule has 1 atom stereocenters. The van der Waals surface area contributed by atoms with Crippen molar-refractivity contribution in [2.75, 3.05) is 53.5 Å². The molecule has 0 aromatic heterocycles. The Kier molecular flexibility index (Phi) is 5.40. The molecule has 1 unspecified atom stereocenters. The van der Waals surface area contributed by atoms with Crippen molar-refractivity contribution in [3.8, 4) is 0 Å². The van der Waals surface area contributed by atoms with Gasteiger partial charge in [-0.3, -0.25) is 4.90 Å². The summed E-state index contributed by atoms with van der Waals surface area (Å²) in [6, 6.07) is 0. The molecule has 14 heavy (non-hydrogen) atoms. The van der Waals surface area contributed by atoms with E-state index in [2.05, 4.69) is 9.80 Å². The highest BCUT2D eigenvalue weighted by Gasteiger charge is 2.14. The van der Waals surface area contributed by atoms with Gasteiger partial charge in [-0.2, -0.15) is 0 Å². The maximum atomic E-state index is 9.74. The lowest BCUT2D eigenvalue weighted by atomic mass is 10.2. The number of nitrogens with zero attached hydrogens (tertiary/aromatic N) is 2. The second kappa shape index (κ2) is 6.35. The van der Waals surface area contributed by atoms with Crippen LogP contribution in [0.2, 0.25) is 0 Å². The first kappa shape index (κ1) is 11.9. The lowest BCUT2D eigenvalue weighted by molar-refractivity contribution is 0.0121. The number of aliphatic hydroxyl groups excluding tert-OH is 1. The predicted molar refractivity (Wildman–Crippen MR) is 56.4 cm³/mol. The molecule has 1 rings (SSSR count). The predicted octanol–water partition coefficient (Wildman–Crippen LogP) is -0.369. The lowest BCUT2D eigenvalue weighted by Gasteiger charge is -2.28. The van der Waals surface area contributed by atoms with Crippen LogP contribution >= 0.6 is 0 Å². The summed E-state index contributed by atoms with van der Waals surface area (Å²) in [5, 5.41) is 9.74. The highest BCUT2D eigenvalue weighted by molar-refractivity contribution is 4.67. The van der Waals surface area contributed by atoms with Gasteiger partial charge in [0, 0.05) is 26.2 Å². The molecule has 1 N–H and O–H groups in total. The number of rotatable bonds is 5. The summed E-state index contributed by atoms with van der Waals surface area (Å²) in [5.74, 6) is 0. The number of hydrogen-bond acceptors (Lipinski definition) is 4. The molecule has 1 aliphatic heterocycles. The van der Waals surface area contributed by atoms with E-state index in [0.717, 1.165) is 45.8 Å². The number of hydrogen-bond donors (Lipinski definition) is 1. The Hall–Kier alpha value is -0.160. The minimum Gasteiger partial charge on any atom is -0.392 e. The standard InChI is InChI=1S/C10H22N2O2/c1-11(2)4-3-10(13)9-12-5-7-14-8-6-12/h10,13H,3-9H2,1-2H3. The van der Waals surface area contributed by atoms with Crippen LogP contribution in [0, 0.1) is 0 Å². The minimum absolute atomic E-state index is 0.199. The Morgan fingerprint density at radius 1 is 1.36 bits per heavy atom. The average Bonchev–Trinajstić information content (AvgIpc) is 2.16. The second-order valence-corrected chi connectivity index (χ2v) is 4.16. The van der Waals surface area contributed by atoms with Gasteiger partial charge in [-0.1, -0.05) is 0 Å². The van der Waals surface area contributed by atoms with Crippen molar-refractivity contribution in [1.29, 1.82) is 0 Å². The van der Waals surface area contributed by atoms with E-state index in [-0.39, 0.29) is 6.10 Å². The van der Waals surface area contributed by atoms with E-state index in [1.54, 1.807) is 0 Å². The molecule has 0 bridgehead atoms. The highest BCUT2D eigenvalue weighted by atomic mass is 16.5. The monoisotopic (exact) mass is 202 g/mol. The first-order valence-corrected chi connectivity index (χ1v) is 5.31. The molecule has 0 aromatic rings. The van der Waals surface area contributed by atoms with E-state index < -0.39 is 0 Å². The van der Waals surface area contributed by atoms with Crippen LogP contribution in [-0.2, 0) is 4.74 Å². The third-order valence-corrected chi connectivity index (χ3v) is 2.48. The van der Waals surface area contributed by atoms with E-state index in [0.29, 0.717) is 0 Å². The fraction of sp³-hybridized carbons (Fsp3) is 1.00. The van der Waals surface area contributed by atoms with Crippen LogP contribution in [0.5, 0.6) is 0 Å². The maximum absolute atomic E-state index is 9.74. The molecular weight excluding hydrogens is 180 g/mol. The van der Waals surface area contributed by atoms with Gasteiger partial charge in [-0.25, -0.2) is 0 Å². The number of ether oxygens (including phenoxy) is 1. The molecular formula is C10H22N2O2. The van der Waals surface area contributed by atoms with Gasteiger partial charge >= 0.3 is 0 Å². The molecule has 0 aromatic carbocycles. The summed E-state index contributed by atoms with van der Waals surface area (Å²) in [4.78, 5) is 4.37. The van der Waals surface area contributed by atoms with Crippen LogP contribution in [-0.4, -0.2) is 74.5 Å². The molecule has 1 heterocycles. The van der Waals surface area contributed by atoms with E-state index >= 15 is 0 Å². The van der Waals surface area contributed by atoms with Crippen molar-refractivity contribution in [1.82, 2.24) is 9.80 Å². The summed E-state index contributed by atoms with van der Waals surface area (Å²) >= 11 is 0. The molecule has 1 aliphatic rings. The average molecular weight is 202 g/mol. The molecule has 4 nitrogen and oxygen atoms in total. The Bertz CT molecular complexity index is 147. The zero-order valence-electron chi connectivity index (χ0n) is 9.28. The Labute approximate surface area is 86.4 Å². The number of morpholine rings is 1. The minimum atomic E-state index is -0.199. The fourth-order valence-electron chi connectivity index (χ4n) is 1.58. The van der Waals surface area contributed by atoms with E-state index in [1.807, 2.05) is 14.1 Å². The Morgan fingerprint density at radius 3 is 2.57 bits per heavy atom. The first-order valence-electron chi connectivity index (χ1n) is 5.31. The molecule has 0 amide bonds. The summed E-state index contributed by atoms with van der Waals surface area (Å²) in [6.45, 7) is 5.27. The topological polar surface area (TPSA) is 35.9 Å². The van der Waals surface area contributed by atoms with Crippen LogP contribution in [0.25, 0.3) is 0 Å². The highest BCUT2D eigenvalue weighted by Crippen LogP contribution is 2.01. The molecule has 0 aliphatic carbocycles. The SMILES string of the molecule is CN(C)CCC(O)CN1CCOCC1. The van der Waals surface area contributed by atoms with Gasteiger partial charge in [-0.05, 0) is 20.5 Å². The number of β-amino-alcohol motifs (C(OH)–C–C–N with tert-alkyl or cyclic N) is 1. The maximum Gasteiger partial charge on any atom is 0.0679 e. The zero-order chi connectivity index (χ0) is 10.4. The van der Waals surface area contributed by atoms with Crippen molar-refractivity contribution in [2.45, 2.75) is 12.5 Å². The van der Waals surface area contributed by atoms with Gasteiger partial charge in [0.2, 0.25) is 0 Å². The zero-order valence-corrected chi connectivity index (χ0v) is 9.28. The molecule has 84 valence electrons. The summed E-state index contributed by atoms with van der Waals surface area (Å²) in [6.07, 6.45) is 0.653. The van der Waals surface area contributed by atoms with E-state index in [9.17, 15) is 5.11 Å². The Morgan fingerprint density at radius 2 is 2.00 bits per heavy atom. The Balaban J connectivity index is 2.09. The normalized spacial score (nSPS) is 21.4. The first-order chi connectivity index (χ1) is 6.68. The van der Waals surface area contributed by atoms with Gasteiger partial charge < -0.3 is 14.7 Å². The van der Waals surface area contributed by atoms with Gasteiger partial charge in [0.25, 0.3) is 0 Å². The molecule has 0 saturated carbocycles. The smallest absolute Gasteiger partial charge is 0.0679 e. The number of aliphatic hydroxyl groups is 1. The van der Waals surface area contributed by atoms with Crippen molar-refractivity contribution in [3.05, 3.63) is 0 Å². The summed E-state index contributed by atoms with van der Waals surface area (Å²) in [5.41, 5.74) is 0. The van der Waals surface area contributed by atoms with Gasteiger partial charge in [-0.15, -0.1) is 0 Å². The van der Waals surface area contributed by atoms with Gasteiger partial charge in [0.05, 0.1) is 19.3 Å². The van der Waals surface area contributed by atoms with Crippen molar-refractivity contribution in [2.24, 2.45) is 0 Å². The van der Waals surface area contributed by atoms with Crippen molar-refractivity contribution < 1.29 is 9.84 Å². The van der Waals surface area contributed by atoms with Crippen LogP contribution in [0.15, 0.2) is 0 Å². The third-order valence-electron chi connectivity index (χ3n) is 2.48. The van der Waals surface area contributed by atoms with Crippen LogP contribution in [0.3, 0.4) is 0 Å². The van der Waals surface area contributed by atoms with Gasteiger partial charge in [0.1, 0.15) is 0 Å². The summed E-state index contributed by atoms with van der Waals surface area (Å²) in [7, 11) is 4.06. The third kappa shape index (κ3) is 4.91. The molecule has 1 fully saturated rings. The van der Waals surface area contributed by atoms with Crippen molar-refractivity contribution in [3.63, 3.8) is 0 Å². The molecule has 0 spiro atoms. The fourth-order valence-corrected chi connectivity index (χ4v) is 1.58. The van der Waals surface area contributed by atoms with Crippen molar-refractivity contribution >= 4 is 0 Å². The molecule has 1 saturated heterocycles. The van der Waals surface area contributed by atoms with E-state index in [1.165, 1.54) is 0 Å². The largest absolute Gasteiger partial charge is 0.392 e. The van der Waals surface area contributed by atoms with Crippen LogP contribution in [0.1, 0.15) is 6.42 Å². The second-order valence-electron chi connectivity index (χ2n) is 4.16. The summed E-state index contributed by atoms with van der Waals surface area (Å²) < 4.78 is 5.25. The lowest BCUT2D eigenvalue weighted by Crippen LogP contribution is -2.41. The van der Waals surface area contributed by atoms with Crippen LogP contribution < -0.4 is 0 Å². The van der Waals surface area contributed by atoms with Gasteiger partial charge in [0.15, 0.2) is 0 Å². The molecule has 0 radical (unpaired) electrons. The van der Waals surface area contributed by atoms with E-state index in [4.69, 9.17) is 4.74 Å². The quantitative estimate of drug-likeness (QED) is 0.660. The van der Waals surface area contributed by atoms with Crippen LogP contribution in [0.4, 0.5) is 0 Å². The molecule has 4 heteroatoms.